The van der Waals surface area contributed by atoms with Gasteiger partial charge in [-0.25, -0.2) is 14.8 Å². The SMILES string of the molecule is CCOC(=O)N1CCN(c2nc(C)cc(C(=O)N3CCc4ccccc43)n2)CC1. The number of hydrogen-bond donors (Lipinski definition) is 0. The minimum Gasteiger partial charge on any atom is -0.450 e. The van der Waals surface area contributed by atoms with Gasteiger partial charge in [0.15, 0.2) is 0 Å². The van der Waals surface area contributed by atoms with Crippen molar-refractivity contribution >= 4 is 23.6 Å². The van der Waals surface area contributed by atoms with Crippen molar-refractivity contribution in [3.63, 3.8) is 0 Å². The van der Waals surface area contributed by atoms with Crippen molar-refractivity contribution < 1.29 is 14.3 Å². The number of rotatable bonds is 3. The summed E-state index contributed by atoms with van der Waals surface area (Å²) in [6.45, 7) is 6.98. The molecule has 2 amide bonds. The lowest BCUT2D eigenvalue weighted by atomic mass is 10.2. The highest BCUT2D eigenvalue weighted by molar-refractivity contribution is 6.06. The molecule has 2 aromatic rings. The molecule has 152 valence electrons. The Morgan fingerprint density at radius 3 is 2.59 bits per heavy atom. The molecule has 1 aromatic carbocycles. The molecule has 1 saturated heterocycles. The lowest BCUT2D eigenvalue weighted by Crippen LogP contribution is -2.49. The van der Waals surface area contributed by atoms with E-state index in [1.807, 2.05) is 30.0 Å². The van der Waals surface area contributed by atoms with E-state index in [2.05, 4.69) is 16.0 Å². The van der Waals surface area contributed by atoms with Gasteiger partial charge in [0.25, 0.3) is 5.91 Å². The van der Waals surface area contributed by atoms with Crippen LogP contribution in [0, 0.1) is 6.92 Å². The van der Waals surface area contributed by atoms with E-state index in [0.717, 1.165) is 17.8 Å². The Labute approximate surface area is 170 Å². The highest BCUT2D eigenvalue weighted by Crippen LogP contribution is 2.29. The number of aromatic nitrogens is 2. The van der Waals surface area contributed by atoms with Crippen LogP contribution in [0.15, 0.2) is 30.3 Å². The van der Waals surface area contributed by atoms with Crippen molar-refractivity contribution in [2.75, 3.05) is 49.1 Å². The summed E-state index contributed by atoms with van der Waals surface area (Å²) in [6.07, 6.45) is 0.565. The van der Waals surface area contributed by atoms with Gasteiger partial charge in [0.05, 0.1) is 6.61 Å². The molecule has 0 aliphatic carbocycles. The molecule has 0 radical (unpaired) electrons. The first-order valence-electron chi connectivity index (χ1n) is 9.99. The fraction of sp³-hybridized carbons (Fsp3) is 0.429. The van der Waals surface area contributed by atoms with Gasteiger partial charge in [0, 0.05) is 44.1 Å². The average Bonchev–Trinajstić information content (AvgIpc) is 3.17. The van der Waals surface area contributed by atoms with Gasteiger partial charge in [-0.2, -0.15) is 0 Å². The minimum atomic E-state index is -0.291. The van der Waals surface area contributed by atoms with Gasteiger partial charge in [-0.15, -0.1) is 0 Å². The summed E-state index contributed by atoms with van der Waals surface area (Å²) in [6, 6.07) is 9.72. The number of ether oxygens (including phenoxy) is 1. The molecular weight excluding hydrogens is 370 g/mol. The number of aryl methyl sites for hydroxylation is 1. The van der Waals surface area contributed by atoms with Crippen molar-refractivity contribution in [2.24, 2.45) is 0 Å². The maximum Gasteiger partial charge on any atom is 0.409 e. The highest BCUT2D eigenvalue weighted by Gasteiger charge is 2.28. The van der Waals surface area contributed by atoms with E-state index in [1.54, 1.807) is 22.8 Å². The number of hydrogen-bond acceptors (Lipinski definition) is 6. The Morgan fingerprint density at radius 2 is 1.83 bits per heavy atom. The third-order valence-electron chi connectivity index (χ3n) is 5.28. The highest BCUT2D eigenvalue weighted by atomic mass is 16.6. The van der Waals surface area contributed by atoms with Gasteiger partial charge in [0.1, 0.15) is 5.69 Å². The first-order valence-corrected chi connectivity index (χ1v) is 9.99. The van der Waals surface area contributed by atoms with Gasteiger partial charge in [0.2, 0.25) is 5.95 Å². The van der Waals surface area contributed by atoms with E-state index >= 15 is 0 Å². The predicted molar refractivity (Wildman–Crippen MR) is 109 cm³/mol. The number of anilines is 2. The molecule has 0 atom stereocenters. The quantitative estimate of drug-likeness (QED) is 0.793. The van der Waals surface area contributed by atoms with Gasteiger partial charge < -0.3 is 19.4 Å². The molecule has 29 heavy (non-hydrogen) atoms. The topological polar surface area (TPSA) is 78.9 Å². The Balaban J connectivity index is 1.50. The second kappa shape index (κ2) is 8.06. The molecule has 0 bridgehead atoms. The van der Waals surface area contributed by atoms with Crippen LogP contribution in [0.25, 0.3) is 0 Å². The summed E-state index contributed by atoms with van der Waals surface area (Å²) in [5, 5.41) is 0. The number of para-hydroxylation sites is 1. The van der Waals surface area contributed by atoms with E-state index < -0.39 is 0 Å². The summed E-state index contributed by atoms with van der Waals surface area (Å²) < 4.78 is 5.06. The zero-order chi connectivity index (χ0) is 20.4. The number of fused-ring (bicyclic) bond motifs is 1. The molecule has 1 aromatic heterocycles. The van der Waals surface area contributed by atoms with Crippen LogP contribution in [0.5, 0.6) is 0 Å². The van der Waals surface area contributed by atoms with E-state index in [0.29, 0.717) is 51.0 Å². The number of nitrogens with zero attached hydrogens (tertiary/aromatic N) is 5. The van der Waals surface area contributed by atoms with Crippen LogP contribution in [0.2, 0.25) is 0 Å². The molecule has 1 fully saturated rings. The zero-order valence-electron chi connectivity index (χ0n) is 16.8. The molecule has 4 rings (SSSR count). The Hall–Kier alpha value is -3.16. The molecule has 8 nitrogen and oxygen atoms in total. The van der Waals surface area contributed by atoms with Crippen molar-refractivity contribution in [1.29, 1.82) is 0 Å². The Morgan fingerprint density at radius 1 is 1.07 bits per heavy atom. The van der Waals surface area contributed by atoms with Gasteiger partial charge in [-0.3, -0.25) is 4.79 Å². The number of benzene rings is 1. The molecule has 0 N–H and O–H groups in total. The van der Waals surface area contributed by atoms with Crippen molar-refractivity contribution in [3.8, 4) is 0 Å². The first kappa shape index (κ1) is 19.2. The van der Waals surface area contributed by atoms with Gasteiger partial charge in [-0.1, -0.05) is 18.2 Å². The molecule has 0 spiro atoms. The van der Waals surface area contributed by atoms with E-state index in [4.69, 9.17) is 4.74 Å². The van der Waals surface area contributed by atoms with Crippen LogP contribution >= 0.6 is 0 Å². The van der Waals surface area contributed by atoms with Crippen molar-refractivity contribution in [3.05, 3.63) is 47.3 Å². The average molecular weight is 395 g/mol. The number of amides is 2. The molecule has 0 unspecified atom stereocenters. The maximum absolute atomic E-state index is 13.2. The predicted octanol–water partition coefficient (Wildman–Crippen LogP) is 2.27. The van der Waals surface area contributed by atoms with Gasteiger partial charge >= 0.3 is 6.09 Å². The van der Waals surface area contributed by atoms with E-state index in [1.165, 1.54) is 5.56 Å². The largest absolute Gasteiger partial charge is 0.450 e. The fourth-order valence-electron chi connectivity index (χ4n) is 3.80. The molecular formula is C21H25N5O3. The maximum atomic E-state index is 13.2. The standard InChI is InChI=1S/C21H25N5O3/c1-3-29-21(28)25-12-10-24(11-13-25)20-22-15(2)14-17(23-20)19(27)26-9-8-16-6-4-5-7-18(16)26/h4-7,14H,3,8-13H2,1-2H3. The van der Waals surface area contributed by atoms with Gasteiger partial charge in [-0.05, 0) is 38.0 Å². The second-order valence-corrected chi connectivity index (χ2v) is 7.20. The second-order valence-electron chi connectivity index (χ2n) is 7.20. The summed E-state index contributed by atoms with van der Waals surface area (Å²) in [5.41, 5.74) is 3.29. The Bertz CT molecular complexity index is 924. The normalized spacial score (nSPS) is 16.0. The zero-order valence-corrected chi connectivity index (χ0v) is 16.8. The van der Waals surface area contributed by atoms with Crippen LogP contribution in [-0.2, 0) is 11.2 Å². The lowest BCUT2D eigenvalue weighted by molar-refractivity contribution is 0.0984. The van der Waals surface area contributed by atoms with Crippen molar-refractivity contribution in [1.82, 2.24) is 14.9 Å². The first-order chi connectivity index (χ1) is 14.1. The molecule has 3 heterocycles. The third-order valence-corrected chi connectivity index (χ3v) is 5.28. The smallest absolute Gasteiger partial charge is 0.409 e. The molecule has 2 aliphatic heterocycles. The third kappa shape index (κ3) is 3.87. The van der Waals surface area contributed by atoms with Crippen LogP contribution in [0.3, 0.4) is 0 Å². The van der Waals surface area contributed by atoms with Crippen LogP contribution < -0.4 is 9.80 Å². The van der Waals surface area contributed by atoms with E-state index in [-0.39, 0.29) is 12.0 Å². The fourth-order valence-corrected chi connectivity index (χ4v) is 3.80. The molecule has 8 heteroatoms. The molecule has 0 saturated carbocycles. The van der Waals surface area contributed by atoms with Crippen molar-refractivity contribution in [2.45, 2.75) is 20.3 Å². The summed E-state index contributed by atoms with van der Waals surface area (Å²) in [7, 11) is 0. The van der Waals surface area contributed by atoms with Crippen LogP contribution in [-0.4, -0.2) is 66.2 Å². The monoisotopic (exact) mass is 395 g/mol. The van der Waals surface area contributed by atoms with Crippen LogP contribution in [0.4, 0.5) is 16.4 Å². The summed E-state index contributed by atoms with van der Waals surface area (Å²) >= 11 is 0. The van der Waals surface area contributed by atoms with Crippen LogP contribution in [0.1, 0.15) is 28.7 Å². The van der Waals surface area contributed by atoms with E-state index in [9.17, 15) is 9.59 Å². The number of carbonyl (C=O) groups is 2. The number of carbonyl (C=O) groups excluding carboxylic acids is 2. The minimum absolute atomic E-state index is 0.105. The Kier molecular flexibility index (Phi) is 5.33. The molecule has 2 aliphatic rings. The number of piperazine rings is 1. The lowest BCUT2D eigenvalue weighted by Gasteiger charge is -2.34. The summed E-state index contributed by atoms with van der Waals surface area (Å²) in [4.78, 5) is 39.6. The summed E-state index contributed by atoms with van der Waals surface area (Å²) in [5.74, 6) is 0.427.